The fourth-order valence-corrected chi connectivity index (χ4v) is 4.31. The summed E-state index contributed by atoms with van der Waals surface area (Å²) >= 11 is 0. The Morgan fingerprint density at radius 1 is 0.958 bits per heavy atom. The van der Waals surface area contributed by atoms with E-state index >= 15 is 0 Å². The van der Waals surface area contributed by atoms with E-state index in [1.54, 1.807) is 0 Å². The second-order valence-electron chi connectivity index (χ2n) is 7.36. The maximum atomic E-state index is 8.89. The van der Waals surface area contributed by atoms with Gasteiger partial charge >= 0.3 is 0 Å². The van der Waals surface area contributed by atoms with E-state index in [0.29, 0.717) is 5.56 Å². The standard InChI is InChI=1S/C22H24N2/c1-16-3-2-12-24(16)22-13-21(14-22)20-10-8-19(9-11-20)18-6-4-17(15-23)5-7-18/h4-11,16,21-22H,2-3,12-14H2,1H3/t16-,21-,22-/m1/s1. The number of hydrogen-bond acceptors (Lipinski definition) is 2. The van der Waals surface area contributed by atoms with Crippen molar-refractivity contribution in [2.45, 2.75) is 50.6 Å². The largest absolute Gasteiger partial charge is 0.298 e. The summed E-state index contributed by atoms with van der Waals surface area (Å²) < 4.78 is 0. The van der Waals surface area contributed by atoms with E-state index in [1.807, 2.05) is 24.3 Å². The van der Waals surface area contributed by atoms with Gasteiger partial charge < -0.3 is 0 Å². The van der Waals surface area contributed by atoms with Gasteiger partial charge in [0.2, 0.25) is 0 Å². The number of nitrogens with zero attached hydrogens (tertiary/aromatic N) is 2. The quantitative estimate of drug-likeness (QED) is 0.800. The smallest absolute Gasteiger partial charge is 0.0991 e. The maximum Gasteiger partial charge on any atom is 0.0991 e. The van der Waals surface area contributed by atoms with Gasteiger partial charge in [-0.3, -0.25) is 4.90 Å². The summed E-state index contributed by atoms with van der Waals surface area (Å²) in [5.74, 6) is 0.734. The third-order valence-corrected chi connectivity index (χ3v) is 5.92. The van der Waals surface area contributed by atoms with Gasteiger partial charge in [-0.15, -0.1) is 0 Å². The van der Waals surface area contributed by atoms with Crippen LogP contribution in [-0.2, 0) is 0 Å². The molecule has 2 heteroatoms. The van der Waals surface area contributed by atoms with Gasteiger partial charge in [0.05, 0.1) is 11.6 Å². The average Bonchev–Trinajstić information content (AvgIpc) is 3.00. The Balaban J connectivity index is 1.40. The summed E-state index contributed by atoms with van der Waals surface area (Å²) in [6.45, 7) is 3.68. The molecule has 0 bridgehead atoms. The molecule has 24 heavy (non-hydrogen) atoms. The van der Waals surface area contributed by atoms with Crippen LogP contribution in [0, 0.1) is 11.3 Å². The van der Waals surface area contributed by atoms with Crippen molar-refractivity contribution in [3.05, 3.63) is 59.7 Å². The zero-order valence-corrected chi connectivity index (χ0v) is 14.3. The van der Waals surface area contributed by atoms with E-state index in [0.717, 1.165) is 18.0 Å². The minimum Gasteiger partial charge on any atom is -0.298 e. The van der Waals surface area contributed by atoms with E-state index < -0.39 is 0 Å². The second-order valence-corrected chi connectivity index (χ2v) is 7.36. The first kappa shape index (κ1) is 15.4. The molecule has 1 atom stereocenters. The molecule has 2 aromatic rings. The van der Waals surface area contributed by atoms with Crippen LogP contribution in [0.25, 0.3) is 11.1 Å². The molecule has 1 heterocycles. The van der Waals surface area contributed by atoms with Crippen molar-refractivity contribution in [3.8, 4) is 17.2 Å². The number of likely N-dealkylation sites (tertiary alicyclic amines) is 1. The lowest BCUT2D eigenvalue weighted by Crippen LogP contribution is -2.45. The van der Waals surface area contributed by atoms with Gasteiger partial charge in [-0.1, -0.05) is 36.4 Å². The summed E-state index contributed by atoms with van der Waals surface area (Å²) in [7, 11) is 0. The zero-order valence-electron chi connectivity index (χ0n) is 14.3. The predicted octanol–water partition coefficient (Wildman–Crippen LogP) is 4.96. The van der Waals surface area contributed by atoms with Crippen LogP contribution in [0.2, 0.25) is 0 Å². The van der Waals surface area contributed by atoms with Gasteiger partial charge in [-0.25, -0.2) is 0 Å². The lowest BCUT2D eigenvalue weighted by atomic mass is 9.74. The minimum atomic E-state index is 0.715. The van der Waals surface area contributed by atoms with Crippen LogP contribution in [0.5, 0.6) is 0 Å². The molecule has 0 amide bonds. The number of benzene rings is 2. The summed E-state index contributed by atoms with van der Waals surface area (Å²) in [6, 6.07) is 20.6. The van der Waals surface area contributed by atoms with Crippen molar-refractivity contribution in [2.75, 3.05) is 6.54 Å². The zero-order chi connectivity index (χ0) is 16.5. The molecule has 1 saturated carbocycles. The lowest BCUT2D eigenvalue weighted by Gasteiger charge is -2.43. The molecule has 1 aliphatic heterocycles. The summed E-state index contributed by atoms with van der Waals surface area (Å²) in [5, 5.41) is 8.89. The van der Waals surface area contributed by atoms with E-state index in [2.05, 4.69) is 42.2 Å². The van der Waals surface area contributed by atoms with Gasteiger partial charge in [0.25, 0.3) is 0 Å². The van der Waals surface area contributed by atoms with Crippen molar-refractivity contribution in [1.82, 2.24) is 4.90 Å². The first-order valence-electron chi connectivity index (χ1n) is 9.11. The average molecular weight is 316 g/mol. The van der Waals surface area contributed by atoms with Gasteiger partial charge in [0, 0.05) is 12.1 Å². The monoisotopic (exact) mass is 316 g/mol. The van der Waals surface area contributed by atoms with Crippen LogP contribution in [0.15, 0.2) is 48.5 Å². The van der Waals surface area contributed by atoms with E-state index in [4.69, 9.17) is 5.26 Å². The molecular formula is C22H24N2. The molecule has 0 spiro atoms. The molecule has 2 aromatic carbocycles. The third-order valence-electron chi connectivity index (χ3n) is 5.92. The predicted molar refractivity (Wildman–Crippen MR) is 97.8 cm³/mol. The molecule has 122 valence electrons. The molecule has 0 unspecified atom stereocenters. The Bertz CT molecular complexity index is 733. The van der Waals surface area contributed by atoms with Crippen LogP contribution < -0.4 is 0 Å². The second kappa shape index (κ2) is 6.42. The Kier molecular flexibility index (Phi) is 4.12. The van der Waals surface area contributed by atoms with E-state index in [9.17, 15) is 0 Å². The first-order valence-corrected chi connectivity index (χ1v) is 9.11. The van der Waals surface area contributed by atoms with Crippen LogP contribution in [0.3, 0.4) is 0 Å². The molecular weight excluding hydrogens is 292 g/mol. The molecule has 2 fully saturated rings. The maximum absolute atomic E-state index is 8.89. The van der Waals surface area contributed by atoms with Crippen molar-refractivity contribution < 1.29 is 0 Å². The SMILES string of the molecule is C[C@@H]1CCCN1[C@H]1C[C@H](c2ccc(-c3ccc(C#N)cc3)cc2)C1. The van der Waals surface area contributed by atoms with Gasteiger partial charge in [0.1, 0.15) is 0 Å². The van der Waals surface area contributed by atoms with Crippen LogP contribution >= 0.6 is 0 Å². The van der Waals surface area contributed by atoms with Crippen molar-refractivity contribution in [1.29, 1.82) is 5.26 Å². The Hall–Kier alpha value is -2.11. The Labute approximate surface area is 144 Å². The fourth-order valence-electron chi connectivity index (χ4n) is 4.31. The van der Waals surface area contributed by atoms with E-state index in [1.165, 1.54) is 48.9 Å². The van der Waals surface area contributed by atoms with Gasteiger partial charge in [0.15, 0.2) is 0 Å². The molecule has 2 nitrogen and oxygen atoms in total. The summed E-state index contributed by atoms with van der Waals surface area (Å²) in [6.07, 6.45) is 5.39. The van der Waals surface area contributed by atoms with Crippen LogP contribution in [0.4, 0.5) is 0 Å². The van der Waals surface area contributed by atoms with Crippen molar-refractivity contribution >= 4 is 0 Å². The van der Waals surface area contributed by atoms with Crippen molar-refractivity contribution in [2.24, 2.45) is 0 Å². The normalized spacial score (nSPS) is 26.8. The number of rotatable bonds is 3. The molecule has 4 rings (SSSR count). The van der Waals surface area contributed by atoms with Gasteiger partial charge in [-0.2, -0.15) is 5.26 Å². The first-order chi connectivity index (χ1) is 11.7. The van der Waals surface area contributed by atoms with Gasteiger partial charge in [-0.05, 0) is 73.9 Å². The Morgan fingerprint density at radius 3 is 2.12 bits per heavy atom. The summed E-state index contributed by atoms with van der Waals surface area (Å²) in [4.78, 5) is 2.72. The molecule has 1 aliphatic carbocycles. The minimum absolute atomic E-state index is 0.715. The molecule has 2 aliphatic rings. The number of nitriles is 1. The number of hydrogen-bond donors (Lipinski definition) is 0. The molecule has 0 aromatic heterocycles. The van der Waals surface area contributed by atoms with Crippen LogP contribution in [-0.4, -0.2) is 23.5 Å². The highest BCUT2D eigenvalue weighted by atomic mass is 15.2. The van der Waals surface area contributed by atoms with E-state index in [-0.39, 0.29) is 0 Å². The Morgan fingerprint density at radius 2 is 1.58 bits per heavy atom. The lowest BCUT2D eigenvalue weighted by molar-refractivity contribution is 0.103. The molecule has 1 saturated heterocycles. The summed E-state index contributed by atoms with van der Waals surface area (Å²) in [5.41, 5.74) is 4.60. The fraction of sp³-hybridized carbons (Fsp3) is 0.409. The van der Waals surface area contributed by atoms with Crippen LogP contribution in [0.1, 0.15) is 49.7 Å². The highest BCUT2D eigenvalue weighted by molar-refractivity contribution is 5.64. The third kappa shape index (κ3) is 2.85. The highest BCUT2D eigenvalue weighted by Crippen LogP contribution is 2.42. The topological polar surface area (TPSA) is 27.0 Å². The molecule has 0 radical (unpaired) electrons. The van der Waals surface area contributed by atoms with Crippen molar-refractivity contribution in [3.63, 3.8) is 0 Å². The highest BCUT2D eigenvalue weighted by Gasteiger charge is 2.37. The molecule has 0 N–H and O–H groups in total.